The van der Waals surface area contributed by atoms with E-state index in [1.165, 1.54) is 167 Å². The summed E-state index contributed by atoms with van der Waals surface area (Å²) >= 11 is 0. The molecule has 0 aliphatic heterocycles. The summed E-state index contributed by atoms with van der Waals surface area (Å²) in [6, 6.07) is 0. The molecule has 0 aromatic heterocycles. The van der Waals surface area contributed by atoms with Gasteiger partial charge in [0, 0.05) is 25.7 Å². The van der Waals surface area contributed by atoms with Crippen molar-refractivity contribution in [2.75, 3.05) is 39.6 Å². The summed E-state index contributed by atoms with van der Waals surface area (Å²) in [5.74, 6) is -0.653. The van der Waals surface area contributed by atoms with Gasteiger partial charge in [0.25, 0.3) is 0 Å². The Morgan fingerprint density at radius 3 is 0.764 bits per heavy atom. The molecule has 0 aromatic rings. The average molecular weight is 1310 g/mol. The molecule has 0 bridgehead atoms. The summed E-state index contributed by atoms with van der Waals surface area (Å²) < 4.78 is 68.3. The lowest BCUT2D eigenvalue weighted by Gasteiger charge is -2.21. The SMILES string of the molecule is CCCCCCCCCCCCCCCCC(=O)OC[C@H](COP(=O)(O)OC[C@@H](O)COP(=O)(O)OC[C@@H](COC(=O)CCCCCCCCCC(C)C)OC(=O)CCCCCCCCCCCCC)OC(=O)CCCCCCCCCCCCCC(C)C. The van der Waals surface area contributed by atoms with Gasteiger partial charge in [-0.1, -0.05) is 305 Å². The molecule has 0 radical (unpaired) electrons. The Balaban J connectivity index is 5.25. The number of rotatable bonds is 69. The predicted molar refractivity (Wildman–Crippen MR) is 358 cm³/mol. The van der Waals surface area contributed by atoms with E-state index in [1.54, 1.807) is 0 Å². The van der Waals surface area contributed by atoms with Gasteiger partial charge in [0.1, 0.15) is 19.3 Å². The van der Waals surface area contributed by atoms with E-state index < -0.39 is 97.5 Å². The number of aliphatic hydroxyl groups excluding tert-OH is 1. The maximum absolute atomic E-state index is 13.0. The fourth-order valence-corrected chi connectivity index (χ4v) is 12.2. The Bertz CT molecular complexity index is 1730. The Labute approximate surface area is 543 Å². The van der Waals surface area contributed by atoms with E-state index in [2.05, 4.69) is 41.5 Å². The zero-order valence-corrected chi connectivity index (χ0v) is 59.5. The van der Waals surface area contributed by atoms with E-state index in [0.29, 0.717) is 31.6 Å². The smallest absolute Gasteiger partial charge is 0.462 e. The highest BCUT2D eigenvalue weighted by Crippen LogP contribution is 2.45. The third kappa shape index (κ3) is 64.6. The average Bonchev–Trinajstić information content (AvgIpc) is 3.64. The molecule has 0 rings (SSSR count). The number of carbonyl (C=O) groups excluding carboxylic acids is 4. The number of esters is 4. The molecule has 0 saturated heterocycles. The molecule has 0 aliphatic carbocycles. The second kappa shape index (κ2) is 62.2. The fourth-order valence-electron chi connectivity index (χ4n) is 10.6. The Hall–Kier alpha value is -1.94. The number of phosphoric ester groups is 2. The monoisotopic (exact) mass is 1310 g/mol. The van der Waals surface area contributed by atoms with Crippen LogP contribution in [0.5, 0.6) is 0 Å². The van der Waals surface area contributed by atoms with Gasteiger partial charge in [-0.05, 0) is 37.5 Å². The molecule has 0 spiro atoms. The maximum Gasteiger partial charge on any atom is 0.472 e. The molecular weight excluding hydrogens is 1170 g/mol. The number of aliphatic hydroxyl groups is 1. The van der Waals surface area contributed by atoms with E-state index in [1.807, 2.05) is 0 Å². The third-order valence-corrected chi connectivity index (χ3v) is 18.1. The van der Waals surface area contributed by atoms with E-state index in [9.17, 15) is 43.2 Å². The highest BCUT2D eigenvalue weighted by atomic mass is 31.2. The van der Waals surface area contributed by atoms with Crippen LogP contribution in [0.1, 0.15) is 356 Å². The minimum absolute atomic E-state index is 0.106. The first-order chi connectivity index (χ1) is 42.9. The van der Waals surface area contributed by atoms with Gasteiger partial charge in [0.15, 0.2) is 12.2 Å². The second-order valence-electron chi connectivity index (χ2n) is 26.2. The van der Waals surface area contributed by atoms with Crippen LogP contribution in [0.4, 0.5) is 0 Å². The van der Waals surface area contributed by atoms with Gasteiger partial charge in [-0.25, -0.2) is 9.13 Å². The molecule has 2 unspecified atom stereocenters. The van der Waals surface area contributed by atoms with E-state index in [4.69, 9.17) is 37.0 Å². The van der Waals surface area contributed by atoms with Crippen molar-refractivity contribution in [3.8, 4) is 0 Å². The van der Waals surface area contributed by atoms with Crippen molar-refractivity contribution in [2.24, 2.45) is 11.8 Å². The first kappa shape index (κ1) is 87.1. The Kier molecular flexibility index (Phi) is 60.8. The van der Waals surface area contributed by atoms with Crippen LogP contribution in [-0.2, 0) is 65.4 Å². The van der Waals surface area contributed by atoms with Gasteiger partial charge in [-0.15, -0.1) is 0 Å². The van der Waals surface area contributed by atoms with Crippen molar-refractivity contribution in [2.45, 2.75) is 374 Å². The van der Waals surface area contributed by atoms with Crippen molar-refractivity contribution in [3.05, 3.63) is 0 Å². The van der Waals surface area contributed by atoms with E-state index in [0.717, 1.165) is 102 Å². The summed E-state index contributed by atoms with van der Waals surface area (Å²) in [5, 5.41) is 10.6. The van der Waals surface area contributed by atoms with Gasteiger partial charge in [0.2, 0.25) is 0 Å². The Morgan fingerprint density at radius 1 is 0.303 bits per heavy atom. The van der Waals surface area contributed by atoms with Gasteiger partial charge < -0.3 is 33.8 Å². The molecule has 17 nitrogen and oxygen atoms in total. The van der Waals surface area contributed by atoms with Crippen LogP contribution in [0.3, 0.4) is 0 Å². The topological polar surface area (TPSA) is 237 Å². The lowest BCUT2D eigenvalue weighted by Crippen LogP contribution is -2.30. The molecule has 0 aliphatic rings. The number of ether oxygens (including phenoxy) is 4. The van der Waals surface area contributed by atoms with Crippen molar-refractivity contribution in [1.29, 1.82) is 0 Å². The number of hydrogen-bond donors (Lipinski definition) is 3. The molecule has 19 heteroatoms. The molecule has 5 atom stereocenters. The van der Waals surface area contributed by atoms with Gasteiger partial charge >= 0.3 is 39.5 Å². The summed E-state index contributed by atoms with van der Waals surface area (Å²) in [6.07, 6.45) is 47.1. The molecule has 528 valence electrons. The molecular formula is C70H136O17P2. The third-order valence-electron chi connectivity index (χ3n) is 16.2. The normalized spacial score (nSPS) is 14.1. The summed E-state index contributed by atoms with van der Waals surface area (Å²) in [6.45, 7) is 9.49. The fraction of sp³-hybridized carbons (Fsp3) is 0.943. The van der Waals surface area contributed by atoms with Gasteiger partial charge in [-0.2, -0.15) is 0 Å². The van der Waals surface area contributed by atoms with Crippen LogP contribution in [0.2, 0.25) is 0 Å². The van der Waals surface area contributed by atoms with Crippen LogP contribution in [-0.4, -0.2) is 96.7 Å². The van der Waals surface area contributed by atoms with Crippen molar-refractivity contribution >= 4 is 39.5 Å². The maximum atomic E-state index is 13.0. The number of hydrogen-bond acceptors (Lipinski definition) is 15. The van der Waals surface area contributed by atoms with Crippen molar-refractivity contribution in [3.63, 3.8) is 0 Å². The van der Waals surface area contributed by atoms with Gasteiger partial charge in [0.05, 0.1) is 26.4 Å². The van der Waals surface area contributed by atoms with Crippen LogP contribution in [0, 0.1) is 11.8 Å². The summed E-state index contributed by atoms with van der Waals surface area (Å²) in [5.41, 5.74) is 0. The highest BCUT2D eigenvalue weighted by Gasteiger charge is 2.30. The lowest BCUT2D eigenvalue weighted by molar-refractivity contribution is -0.161. The molecule has 3 N–H and O–H groups in total. The molecule has 0 heterocycles. The van der Waals surface area contributed by atoms with Crippen LogP contribution in [0.25, 0.3) is 0 Å². The summed E-state index contributed by atoms with van der Waals surface area (Å²) in [4.78, 5) is 72.5. The zero-order valence-electron chi connectivity index (χ0n) is 57.7. The standard InChI is InChI=1S/C70H136O17P2/c1-7-9-11-13-15-17-19-20-21-25-28-34-40-46-52-67(72)80-58-65(86-70(75)55-49-43-36-30-26-22-24-27-32-38-44-50-62(3)4)60-84-88(76,77)82-56-64(71)57-83-89(78,79)85-61-66(59-81-68(73)53-47-41-37-31-33-39-45-51-63(5)6)87-69(74)54-48-42-35-29-23-18-16-14-12-10-8-2/h62-66,71H,7-61H2,1-6H3,(H,76,77)(H,78,79)/t64-,65-,66-/m1/s1. The molecule has 0 fully saturated rings. The van der Waals surface area contributed by atoms with Crippen molar-refractivity contribution in [1.82, 2.24) is 0 Å². The van der Waals surface area contributed by atoms with Crippen LogP contribution < -0.4 is 0 Å². The second-order valence-corrected chi connectivity index (χ2v) is 29.1. The quantitative estimate of drug-likeness (QED) is 0.0222. The first-order valence-corrected chi connectivity index (χ1v) is 39.5. The number of carbonyl (C=O) groups is 4. The lowest BCUT2D eigenvalue weighted by atomic mass is 10.0. The van der Waals surface area contributed by atoms with E-state index >= 15 is 0 Å². The minimum atomic E-state index is -4.95. The highest BCUT2D eigenvalue weighted by molar-refractivity contribution is 7.47. The summed E-state index contributed by atoms with van der Waals surface area (Å²) in [7, 11) is -9.90. The molecule has 0 aromatic carbocycles. The Morgan fingerprint density at radius 2 is 0.517 bits per heavy atom. The van der Waals surface area contributed by atoms with E-state index in [-0.39, 0.29) is 25.7 Å². The van der Waals surface area contributed by atoms with Gasteiger partial charge in [-0.3, -0.25) is 37.3 Å². The molecule has 89 heavy (non-hydrogen) atoms. The van der Waals surface area contributed by atoms with Crippen molar-refractivity contribution < 1.29 is 80.2 Å². The number of phosphoric acid groups is 2. The zero-order chi connectivity index (χ0) is 65.7. The molecule has 0 amide bonds. The first-order valence-electron chi connectivity index (χ1n) is 36.5. The largest absolute Gasteiger partial charge is 0.472 e. The van der Waals surface area contributed by atoms with Crippen LogP contribution in [0.15, 0.2) is 0 Å². The number of unbranched alkanes of at least 4 members (excludes halogenated alkanes) is 39. The molecule has 0 saturated carbocycles. The van der Waals surface area contributed by atoms with Crippen LogP contribution >= 0.6 is 15.6 Å². The minimum Gasteiger partial charge on any atom is -0.462 e. The predicted octanol–water partition coefficient (Wildman–Crippen LogP) is 20.0.